The fraction of sp³-hybridized carbons (Fsp3) is 0. The van der Waals surface area contributed by atoms with E-state index in [0.717, 1.165) is 0 Å². The highest BCUT2D eigenvalue weighted by Gasteiger charge is 2.14. The maximum absolute atomic E-state index is 12.1. The number of hydrogen-bond acceptors (Lipinski definition) is 9. The number of fused-ring (bicyclic) bond motifs is 1. The van der Waals surface area contributed by atoms with Crippen LogP contribution in [-0.2, 0) is 0 Å². The van der Waals surface area contributed by atoms with Crippen molar-refractivity contribution in [1.82, 2.24) is 15.1 Å². The summed E-state index contributed by atoms with van der Waals surface area (Å²) in [7, 11) is 0. The third-order valence-electron chi connectivity index (χ3n) is 3.01. The van der Waals surface area contributed by atoms with Gasteiger partial charge in [-0.1, -0.05) is 5.16 Å². The lowest BCUT2D eigenvalue weighted by molar-refractivity contribution is 0.102. The number of carbonyl (C=O) groups is 1. The average Bonchev–Trinajstić information content (AvgIpc) is 3.05. The van der Waals surface area contributed by atoms with Crippen LogP contribution in [0, 0.1) is 22.7 Å². The van der Waals surface area contributed by atoms with Crippen LogP contribution >= 0.6 is 0 Å². The Balaban J connectivity index is 1.86. The SMILES string of the molecule is N#CC(C#N)=NNc1ccc2onc(NC(=O)c3cnccn3)c2c1. The summed E-state index contributed by atoms with van der Waals surface area (Å²) in [5.74, 6) is -0.296. The molecular formula is C15H8N8O2. The quantitative estimate of drug-likeness (QED) is 0.540. The summed E-state index contributed by atoms with van der Waals surface area (Å²) < 4.78 is 5.14. The molecule has 3 rings (SSSR count). The molecule has 10 nitrogen and oxygen atoms in total. The number of aromatic nitrogens is 3. The molecule has 0 fully saturated rings. The van der Waals surface area contributed by atoms with E-state index in [0.29, 0.717) is 16.7 Å². The first kappa shape index (κ1) is 15.6. The first-order valence-electron chi connectivity index (χ1n) is 6.82. The molecule has 2 N–H and O–H groups in total. The summed E-state index contributed by atoms with van der Waals surface area (Å²) in [4.78, 5) is 19.9. The Kier molecular flexibility index (Phi) is 4.27. The lowest BCUT2D eigenvalue weighted by atomic mass is 10.2. The first-order valence-corrected chi connectivity index (χ1v) is 6.82. The zero-order valence-corrected chi connectivity index (χ0v) is 12.5. The summed E-state index contributed by atoms with van der Waals surface area (Å²) in [6.45, 7) is 0. The number of hydrogen-bond donors (Lipinski definition) is 2. The Morgan fingerprint density at radius 3 is 2.80 bits per heavy atom. The third-order valence-corrected chi connectivity index (χ3v) is 3.01. The first-order chi connectivity index (χ1) is 12.2. The van der Waals surface area contributed by atoms with Crippen LogP contribution in [0.15, 0.2) is 46.4 Å². The second-order valence-electron chi connectivity index (χ2n) is 4.58. The fourth-order valence-electron chi connectivity index (χ4n) is 1.88. The van der Waals surface area contributed by atoms with Crippen LogP contribution in [-0.4, -0.2) is 26.7 Å². The Morgan fingerprint density at radius 1 is 1.24 bits per heavy atom. The standard InChI is InChI=1S/C15H8N8O2/c16-6-10(7-17)22-21-9-1-2-13-11(5-9)14(23-25-13)20-15(24)12-8-18-3-4-19-12/h1-5,8,21H,(H,20,23,24). The lowest BCUT2D eigenvalue weighted by Gasteiger charge is -2.02. The highest BCUT2D eigenvalue weighted by atomic mass is 16.5. The van der Waals surface area contributed by atoms with Gasteiger partial charge in [-0.25, -0.2) is 4.98 Å². The molecule has 1 aromatic carbocycles. The van der Waals surface area contributed by atoms with Crippen LogP contribution < -0.4 is 10.7 Å². The minimum absolute atomic E-state index is 0.130. The van der Waals surface area contributed by atoms with Gasteiger partial charge in [0.1, 0.15) is 17.8 Å². The van der Waals surface area contributed by atoms with Gasteiger partial charge in [-0.15, -0.1) is 0 Å². The maximum Gasteiger partial charge on any atom is 0.277 e. The zero-order chi connectivity index (χ0) is 17.6. The number of hydrazone groups is 1. The molecule has 120 valence electrons. The highest BCUT2D eigenvalue weighted by molar-refractivity contribution is 6.10. The van der Waals surface area contributed by atoms with Crippen LogP contribution in [0.1, 0.15) is 10.5 Å². The van der Waals surface area contributed by atoms with Crippen molar-refractivity contribution in [2.24, 2.45) is 5.10 Å². The monoisotopic (exact) mass is 332 g/mol. The van der Waals surface area contributed by atoms with E-state index in [1.807, 2.05) is 0 Å². The van der Waals surface area contributed by atoms with Gasteiger partial charge in [-0.05, 0) is 18.2 Å². The highest BCUT2D eigenvalue weighted by Crippen LogP contribution is 2.26. The molecule has 0 atom stereocenters. The van der Waals surface area contributed by atoms with Crippen molar-refractivity contribution >= 4 is 34.1 Å². The van der Waals surface area contributed by atoms with Crippen molar-refractivity contribution < 1.29 is 9.32 Å². The average molecular weight is 332 g/mol. The third kappa shape index (κ3) is 3.38. The second-order valence-corrected chi connectivity index (χ2v) is 4.58. The van der Waals surface area contributed by atoms with E-state index in [1.54, 1.807) is 30.3 Å². The second kappa shape index (κ2) is 6.85. The van der Waals surface area contributed by atoms with Gasteiger partial charge in [-0.2, -0.15) is 15.6 Å². The number of benzene rings is 1. The fourth-order valence-corrected chi connectivity index (χ4v) is 1.88. The Hall–Kier alpha value is -4.31. The Morgan fingerprint density at radius 2 is 2.08 bits per heavy atom. The summed E-state index contributed by atoms with van der Waals surface area (Å²) in [6, 6.07) is 8.11. The van der Waals surface area contributed by atoms with Crippen LogP contribution in [0.5, 0.6) is 0 Å². The molecule has 0 spiro atoms. The van der Waals surface area contributed by atoms with E-state index in [-0.39, 0.29) is 17.2 Å². The van der Waals surface area contributed by atoms with Gasteiger partial charge in [0.05, 0.1) is 17.3 Å². The molecule has 0 aliphatic rings. The molecule has 0 unspecified atom stereocenters. The van der Waals surface area contributed by atoms with E-state index in [2.05, 4.69) is 31.0 Å². The molecule has 0 radical (unpaired) electrons. The predicted molar refractivity (Wildman–Crippen MR) is 86.3 cm³/mol. The summed E-state index contributed by atoms with van der Waals surface area (Å²) in [5.41, 5.74) is 3.31. The summed E-state index contributed by atoms with van der Waals surface area (Å²) >= 11 is 0. The topological polar surface area (TPSA) is 153 Å². The molecule has 0 saturated heterocycles. The van der Waals surface area contributed by atoms with Crippen LogP contribution in [0.2, 0.25) is 0 Å². The summed E-state index contributed by atoms with van der Waals surface area (Å²) in [6.07, 6.45) is 4.18. The van der Waals surface area contributed by atoms with Crippen LogP contribution in [0.3, 0.4) is 0 Å². The molecular weight excluding hydrogens is 324 g/mol. The van der Waals surface area contributed by atoms with E-state index in [1.165, 1.54) is 18.6 Å². The molecule has 2 aromatic heterocycles. The molecule has 0 bridgehead atoms. The molecule has 1 amide bonds. The van der Waals surface area contributed by atoms with Gasteiger partial charge >= 0.3 is 0 Å². The number of anilines is 2. The lowest BCUT2D eigenvalue weighted by Crippen LogP contribution is -2.14. The number of nitrogens with one attached hydrogen (secondary N) is 2. The molecule has 3 aromatic rings. The zero-order valence-electron chi connectivity index (χ0n) is 12.5. The number of amides is 1. The number of rotatable bonds is 4. The maximum atomic E-state index is 12.1. The smallest absolute Gasteiger partial charge is 0.277 e. The molecule has 10 heteroatoms. The molecule has 0 aliphatic heterocycles. The van der Waals surface area contributed by atoms with E-state index in [9.17, 15) is 4.79 Å². The van der Waals surface area contributed by atoms with Crippen molar-refractivity contribution in [3.63, 3.8) is 0 Å². The van der Waals surface area contributed by atoms with E-state index >= 15 is 0 Å². The van der Waals surface area contributed by atoms with Gasteiger partial charge in [0.25, 0.3) is 5.91 Å². The van der Waals surface area contributed by atoms with Crippen molar-refractivity contribution in [1.29, 1.82) is 10.5 Å². The van der Waals surface area contributed by atoms with Crippen LogP contribution in [0.25, 0.3) is 11.0 Å². The van der Waals surface area contributed by atoms with Crippen molar-refractivity contribution in [3.05, 3.63) is 42.5 Å². The predicted octanol–water partition coefficient (Wildman–Crippen LogP) is 1.69. The van der Waals surface area contributed by atoms with E-state index < -0.39 is 5.91 Å². The number of carbonyl (C=O) groups excluding carboxylic acids is 1. The van der Waals surface area contributed by atoms with Gasteiger partial charge in [0.15, 0.2) is 11.4 Å². The molecule has 0 aliphatic carbocycles. The van der Waals surface area contributed by atoms with Crippen molar-refractivity contribution in [2.45, 2.75) is 0 Å². The number of nitrogens with zero attached hydrogens (tertiary/aromatic N) is 6. The van der Waals surface area contributed by atoms with Gasteiger partial charge in [-0.3, -0.25) is 15.2 Å². The van der Waals surface area contributed by atoms with Gasteiger partial charge in [0, 0.05) is 12.4 Å². The molecule has 2 heterocycles. The largest absolute Gasteiger partial charge is 0.354 e. The molecule has 0 saturated carbocycles. The Labute approximate surface area is 140 Å². The number of nitriles is 2. The summed E-state index contributed by atoms with van der Waals surface area (Å²) in [5, 5.41) is 27.9. The van der Waals surface area contributed by atoms with Crippen LogP contribution in [0.4, 0.5) is 11.5 Å². The van der Waals surface area contributed by atoms with Crippen molar-refractivity contribution in [2.75, 3.05) is 10.7 Å². The minimum Gasteiger partial charge on any atom is -0.354 e. The Bertz CT molecular complexity index is 1030. The minimum atomic E-state index is -0.490. The van der Waals surface area contributed by atoms with Crippen molar-refractivity contribution in [3.8, 4) is 12.1 Å². The van der Waals surface area contributed by atoms with Gasteiger partial charge < -0.3 is 9.84 Å². The molecule has 25 heavy (non-hydrogen) atoms. The van der Waals surface area contributed by atoms with Gasteiger partial charge in [0.2, 0.25) is 5.71 Å². The normalized spacial score (nSPS) is 9.68. The van der Waals surface area contributed by atoms with E-state index in [4.69, 9.17) is 15.0 Å².